The Morgan fingerprint density at radius 2 is 1.92 bits per heavy atom. The van der Waals surface area contributed by atoms with Gasteiger partial charge < -0.3 is 24.1 Å². The first-order valence-electron chi connectivity index (χ1n) is 11.5. The number of hydrogen-bond donors (Lipinski definition) is 1. The number of carbonyl (C=O) groups is 3. The lowest BCUT2D eigenvalue weighted by Crippen LogP contribution is -2.70. The summed E-state index contributed by atoms with van der Waals surface area (Å²) < 4.78 is 45.3. The zero-order valence-corrected chi connectivity index (χ0v) is 20.7. The molecule has 2 aliphatic heterocycles. The van der Waals surface area contributed by atoms with E-state index < -0.39 is 68.9 Å². The Morgan fingerprint density at radius 3 is 2.50 bits per heavy atom. The summed E-state index contributed by atoms with van der Waals surface area (Å²) in [6.45, 7) is 4.68. The first kappa shape index (κ1) is 24.8. The second-order valence-electron chi connectivity index (χ2n) is 10.1. The minimum absolute atomic E-state index is 0.168. The average Bonchev–Trinajstić information content (AvgIpc) is 3.58. The average molecular weight is 519 g/mol. The van der Waals surface area contributed by atoms with Gasteiger partial charge in [-0.1, -0.05) is 19.1 Å². The number of aliphatic hydroxyl groups excluding tert-OH is 1. The Kier molecular flexibility index (Phi) is 5.75. The Bertz CT molecular complexity index is 1300. The van der Waals surface area contributed by atoms with Gasteiger partial charge in [-0.15, -0.1) is 0 Å². The molecule has 4 aliphatic rings. The molecule has 192 valence electrons. The third-order valence-electron chi connectivity index (χ3n) is 8.29. The molecule has 5 rings (SSSR count). The Morgan fingerprint density at radius 1 is 1.25 bits per heavy atom. The van der Waals surface area contributed by atoms with Gasteiger partial charge in [0.15, 0.2) is 5.78 Å². The topological polar surface area (TPSA) is 146 Å². The maximum absolute atomic E-state index is 13.0. The monoisotopic (exact) mass is 518 g/mol. The lowest BCUT2D eigenvalue weighted by atomic mass is 9.50. The van der Waals surface area contributed by atoms with E-state index in [9.17, 15) is 27.9 Å². The molecule has 3 fully saturated rings. The molecule has 1 aromatic rings. The number of benzene rings is 1. The van der Waals surface area contributed by atoms with Crippen LogP contribution in [0.25, 0.3) is 0 Å². The van der Waals surface area contributed by atoms with Crippen LogP contribution in [0.2, 0.25) is 0 Å². The molecule has 2 aliphatic carbocycles. The first-order valence-corrected chi connectivity index (χ1v) is 12.7. The number of esters is 2. The molecular weight excluding hydrogens is 492 g/mol. The summed E-state index contributed by atoms with van der Waals surface area (Å²) in [5.74, 6) is -1.69. The zero-order chi connectivity index (χ0) is 26.0. The highest BCUT2D eigenvalue weighted by Gasteiger charge is 2.84. The minimum atomic E-state index is -2.38. The van der Waals surface area contributed by atoms with Gasteiger partial charge in [-0.05, 0) is 42.7 Å². The third kappa shape index (κ3) is 3.41. The second kappa shape index (κ2) is 8.34. The van der Waals surface area contributed by atoms with E-state index in [0.717, 1.165) is 5.37 Å². The van der Waals surface area contributed by atoms with E-state index in [1.807, 2.05) is 6.92 Å². The molecule has 7 atom stereocenters. The molecule has 1 spiro atoms. The zero-order valence-electron chi connectivity index (χ0n) is 19.9. The van der Waals surface area contributed by atoms with Crippen LogP contribution in [0.1, 0.15) is 43.1 Å². The van der Waals surface area contributed by atoms with E-state index in [4.69, 9.17) is 18.9 Å². The number of Topliss-reactive ketones (excluding diaryl/α,β-unsaturated/α-hetero) is 1. The highest BCUT2D eigenvalue weighted by Crippen LogP contribution is 2.71. The molecule has 36 heavy (non-hydrogen) atoms. The molecule has 1 N–H and O–H groups in total. The number of ether oxygens (including phenoxy) is 4. The molecule has 2 bridgehead atoms. The van der Waals surface area contributed by atoms with Crippen LogP contribution in [0, 0.1) is 10.8 Å². The van der Waals surface area contributed by atoms with Gasteiger partial charge in [0.05, 0.1) is 29.1 Å². The van der Waals surface area contributed by atoms with Gasteiger partial charge in [0.25, 0.3) is 0 Å². The number of aliphatic hydroxyl groups is 1. The van der Waals surface area contributed by atoms with Crippen molar-refractivity contribution in [2.24, 2.45) is 10.8 Å². The smallest absolute Gasteiger partial charge is 0.338 e. The van der Waals surface area contributed by atoms with E-state index in [-0.39, 0.29) is 25.2 Å². The van der Waals surface area contributed by atoms with Crippen LogP contribution in [0.5, 0.6) is 0 Å². The summed E-state index contributed by atoms with van der Waals surface area (Å²) in [7, 11) is -2.38. The van der Waals surface area contributed by atoms with Crippen molar-refractivity contribution in [3.05, 3.63) is 47.0 Å². The first-order chi connectivity index (χ1) is 16.9. The summed E-state index contributed by atoms with van der Waals surface area (Å²) in [5.41, 5.74) is -2.34. The van der Waals surface area contributed by atoms with Gasteiger partial charge in [-0.2, -0.15) is 8.42 Å². The molecule has 2 saturated heterocycles. The van der Waals surface area contributed by atoms with Crippen molar-refractivity contribution >= 4 is 33.4 Å². The van der Waals surface area contributed by atoms with Crippen molar-refractivity contribution in [3.63, 3.8) is 0 Å². The van der Waals surface area contributed by atoms with Gasteiger partial charge in [-0.3, -0.25) is 9.59 Å². The molecule has 0 unspecified atom stereocenters. The van der Waals surface area contributed by atoms with E-state index >= 15 is 0 Å². The molecule has 0 radical (unpaired) electrons. The van der Waals surface area contributed by atoms with Crippen molar-refractivity contribution in [2.75, 3.05) is 13.2 Å². The van der Waals surface area contributed by atoms with E-state index in [1.54, 1.807) is 13.0 Å². The van der Waals surface area contributed by atoms with Gasteiger partial charge >= 0.3 is 11.9 Å². The van der Waals surface area contributed by atoms with Crippen molar-refractivity contribution in [1.29, 1.82) is 0 Å². The molecule has 10 nitrogen and oxygen atoms in total. The lowest BCUT2D eigenvalue weighted by molar-refractivity contribution is -0.244. The maximum atomic E-state index is 13.0. The van der Waals surface area contributed by atoms with Crippen LogP contribution in [-0.2, 0) is 38.8 Å². The molecule has 2 heterocycles. The number of epoxide rings is 1. The lowest BCUT2D eigenvalue weighted by Gasteiger charge is -2.58. The fourth-order valence-corrected chi connectivity index (χ4v) is 6.73. The Hall–Kier alpha value is -2.86. The second-order valence-corrected chi connectivity index (χ2v) is 10.8. The van der Waals surface area contributed by atoms with Crippen molar-refractivity contribution in [1.82, 2.24) is 0 Å². The maximum Gasteiger partial charge on any atom is 0.338 e. The Balaban J connectivity index is 1.51. The standard InChI is InChI=1S/C25H26O10S/c1-13-8-18-24(20(28)19(13)27,11-32-22(29)16-6-4-15(5-7-16)10-36(30)31)23(3)9-17(34-14(2)26)21(35-18)25(23)12-33-25/h4-8,10,17-18,20-21,28H,9,11-12H2,1-3H3/t17-,18-,20-,21-,23-,24-,25+/m1/s1. The summed E-state index contributed by atoms with van der Waals surface area (Å²) in [6.07, 6.45) is -1.72. The SMILES string of the molecule is CC(=O)O[C@@H]1C[C@]2(C)[C@@]3(COC(=O)c4ccc(C=S(=O)=O)cc4)[C@H](O)C(=O)C(C)=C[C@H]3O[C@H]1[C@@]21CO1. The predicted molar refractivity (Wildman–Crippen MR) is 124 cm³/mol. The summed E-state index contributed by atoms with van der Waals surface area (Å²) in [5, 5.41) is 12.4. The van der Waals surface area contributed by atoms with Crippen LogP contribution in [0.15, 0.2) is 35.9 Å². The van der Waals surface area contributed by atoms with Crippen LogP contribution in [0.3, 0.4) is 0 Å². The molecule has 11 heteroatoms. The van der Waals surface area contributed by atoms with E-state index in [1.165, 1.54) is 31.2 Å². The largest absolute Gasteiger partial charge is 0.461 e. The van der Waals surface area contributed by atoms with Crippen molar-refractivity contribution in [2.45, 2.75) is 57.2 Å². The van der Waals surface area contributed by atoms with E-state index in [2.05, 4.69) is 0 Å². The van der Waals surface area contributed by atoms with Gasteiger partial charge in [0.2, 0.25) is 10.3 Å². The van der Waals surface area contributed by atoms with Gasteiger partial charge in [-0.25, -0.2) is 4.79 Å². The minimum Gasteiger partial charge on any atom is -0.461 e. The summed E-state index contributed by atoms with van der Waals surface area (Å²) in [4.78, 5) is 37.8. The summed E-state index contributed by atoms with van der Waals surface area (Å²) >= 11 is 0. The normalized spacial score (nSPS) is 38.1. The fourth-order valence-electron chi connectivity index (χ4n) is 6.35. The molecule has 0 aromatic heterocycles. The third-order valence-corrected chi connectivity index (χ3v) is 8.75. The number of ketones is 1. The number of hydrogen-bond acceptors (Lipinski definition) is 10. The van der Waals surface area contributed by atoms with Crippen molar-refractivity contribution in [3.8, 4) is 0 Å². The van der Waals surface area contributed by atoms with Crippen LogP contribution >= 0.6 is 0 Å². The van der Waals surface area contributed by atoms with Crippen LogP contribution in [-0.4, -0.2) is 79.8 Å². The molecule has 1 saturated carbocycles. The van der Waals surface area contributed by atoms with Crippen LogP contribution in [0.4, 0.5) is 0 Å². The quantitative estimate of drug-likeness (QED) is 0.334. The number of carbonyl (C=O) groups excluding carboxylic acids is 3. The van der Waals surface area contributed by atoms with Crippen LogP contribution < -0.4 is 0 Å². The Labute approximate surface area is 208 Å². The highest BCUT2D eigenvalue weighted by atomic mass is 32.2. The van der Waals surface area contributed by atoms with E-state index in [0.29, 0.717) is 11.1 Å². The number of rotatable bonds is 5. The molecule has 0 amide bonds. The summed E-state index contributed by atoms with van der Waals surface area (Å²) in [6, 6.07) is 5.77. The molecule has 1 aromatic carbocycles. The predicted octanol–water partition coefficient (Wildman–Crippen LogP) is 0.627. The van der Waals surface area contributed by atoms with Gasteiger partial charge in [0.1, 0.15) is 30.5 Å². The fraction of sp³-hybridized carbons (Fsp3) is 0.520. The van der Waals surface area contributed by atoms with Crippen molar-refractivity contribution < 1.29 is 46.9 Å². The molecular formula is C25H26O10S. The van der Waals surface area contributed by atoms with Gasteiger partial charge in [0, 0.05) is 12.3 Å². The number of fused-ring (bicyclic) bond motifs is 2. The highest BCUT2D eigenvalue weighted by molar-refractivity contribution is 7.71.